The number of nitrogens with zero attached hydrogens (tertiary/aromatic N) is 4. The molecule has 9 heteroatoms. The van der Waals surface area contributed by atoms with E-state index in [1.807, 2.05) is 68.4 Å². The number of ether oxygens (including phenoxy) is 1. The largest absolute Gasteiger partial charge is 0.489 e. The van der Waals surface area contributed by atoms with Gasteiger partial charge in [-0.15, -0.1) is 0 Å². The summed E-state index contributed by atoms with van der Waals surface area (Å²) in [5, 5.41) is 4.28. The van der Waals surface area contributed by atoms with Gasteiger partial charge >= 0.3 is 5.69 Å². The molecule has 0 unspecified atom stereocenters. The Bertz CT molecular complexity index is 1380. The average Bonchev–Trinajstić information content (AvgIpc) is 3.16. The van der Waals surface area contributed by atoms with Crippen LogP contribution in [0.15, 0.2) is 69.3 Å². The fraction of sp³-hybridized carbons (Fsp3) is 0.250. The summed E-state index contributed by atoms with van der Waals surface area (Å²) in [7, 11) is 1.57. The summed E-state index contributed by atoms with van der Waals surface area (Å²) in [5.41, 5.74) is 4.55. The molecule has 0 saturated heterocycles. The number of benzene rings is 2. The lowest BCUT2D eigenvalue weighted by atomic mass is 10.2. The fourth-order valence-electron chi connectivity index (χ4n) is 3.42. The molecule has 0 aliphatic rings. The summed E-state index contributed by atoms with van der Waals surface area (Å²) in [6.45, 7) is 5.12. The predicted molar refractivity (Wildman–Crippen MR) is 129 cm³/mol. The summed E-state index contributed by atoms with van der Waals surface area (Å²) < 4.78 is 8.87. The van der Waals surface area contributed by atoms with Gasteiger partial charge in [0.1, 0.15) is 12.4 Å². The van der Waals surface area contributed by atoms with Crippen LogP contribution in [0.3, 0.4) is 0 Å². The van der Waals surface area contributed by atoms with Crippen LogP contribution in [0.25, 0.3) is 11.2 Å². The fourth-order valence-corrected chi connectivity index (χ4v) is 3.42. The first-order valence-corrected chi connectivity index (χ1v) is 10.7. The van der Waals surface area contributed by atoms with Crippen molar-refractivity contribution in [2.75, 3.05) is 5.43 Å². The number of nitrogens with one attached hydrogen (secondary N) is 2. The molecule has 0 spiro atoms. The van der Waals surface area contributed by atoms with Crippen molar-refractivity contribution in [1.82, 2.24) is 19.1 Å². The van der Waals surface area contributed by atoms with Crippen LogP contribution in [0.2, 0.25) is 0 Å². The smallest absolute Gasteiger partial charge is 0.329 e. The first kappa shape index (κ1) is 22.1. The van der Waals surface area contributed by atoms with E-state index >= 15 is 0 Å². The normalized spacial score (nSPS) is 11.5. The van der Waals surface area contributed by atoms with Crippen molar-refractivity contribution in [2.24, 2.45) is 18.1 Å². The van der Waals surface area contributed by atoms with E-state index in [1.54, 1.807) is 17.8 Å². The van der Waals surface area contributed by atoms with Gasteiger partial charge in [-0.1, -0.05) is 44.2 Å². The number of hydrogen-bond donors (Lipinski definition) is 2. The number of aryl methyl sites for hydroxylation is 1. The molecular formula is C24H26N6O3. The van der Waals surface area contributed by atoms with Gasteiger partial charge in [0.2, 0.25) is 5.95 Å². The minimum atomic E-state index is -0.508. The minimum Gasteiger partial charge on any atom is -0.489 e. The highest BCUT2D eigenvalue weighted by molar-refractivity contribution is 5.80. The van der Waals surface area contributed by atoms with Crippen molar-refractivity contribution in [1.29, 1.82) is 0 Å². The molecule has 2 N–H and O–H groups in total. The number of H-pyrrole nitrogens is 1. The summed E-state index contributed by atoms with van der Waals surface area (Å²) in [6, 6.07) is 17.5. The third-order valence-electron chi connectivity index (χ3n) is 5.06. The lowest BCUT2D eigenvalue weighted by Gasteiger charge is -2.10. The maximum Gasteiger partial charge on any atom is 0.329 e. The molecule has 4 aromatic rings. The van der Waals surface area contributed by atoms with Crippen LogP contribution in [0.5, 0.6) is 5.75 Å². The first-order chi connectivity index (χ1) is 15.9. The molecule has 2 heterocycles. The Morgan fingerprint density at radius 3 is 2.55 bits per heavy atom. The lowest BCUT2D eigenvalue weighted by molar-refractivity contribution is 0.306. The second kappa shape index (κ2) is 9.56. The molecule has 4 rings (SSSR count). The second-order valence-electron chi connectivity index (χ2n) is 8.14. The molecule has 9 nitrogen and oxygen atoms in total. The van der Waals surface area contributed by atoms with Crippen LogP contribution in [-0.2, 0) is 20.2 Å². The summed E-state index contributed by atoms with van der Waals surface area (Å²) in [6.07, 6.45) is 1.66. The number of aromatic amines is 1. The van der Waals surface area contributed by atoms with Gasteiger partial charge in [-0.2, -0.15) is 10.1 Å². The second-order valence-corrected chi connectivity index (χ2v) is 8.14. The average molecular weight is 447 g/mol. The highest BCUT2D eigenvalue weighted by Crippen LogP contribution is 2.18. The number of hydrogen-bond acceptors (Lipinski definition) is 6. The quantitative estimate of drug-likeness (QED) is 0.320. The van der Waals surface area contributed by atoms with Gasteiger partial charge in [-0.3, -0.25) is 14.3 Å². The number of fused-ring (bicyclic) bond motifs is 1. The molecule has 0 atom stereocenters. The molecule has 0 radical (unpaired) electrons. The third kappa shape index (κ3) is 5.03. The SMILES string of the molecule is CC(C)Cn1c(NN=Cc2ccc(OCc3ccccc3)cc2)nc2c1c(=O)[nH]c(=O)n2C. The Morgan fingerprint density at radius 1 is 1.12 bits per heavy atom. The topological polar surface area (TPSA) is 106 Å². The number of aromatic nitrogens is 4. The monoisotopic (exact) mass is 446 g/mol. The van der Waals surface area contributed by atoms with Crippen molar-refractivity contribution in [3.63, 3.8) is 0 Å². The minimum absolute atomic E-state index is 0.256. The maximum absolute atomic E-state index is 12.4. The van der Waals surface area contributed by atoms with Crippen molar-refractivity contribution in [3.05, 3.63) is 86.6 Å². The van der Waals surface area contributed by atoms with E-state index in [9.17, 15) is 9.59 Å². The summed E-state index contributed by atoms with van der Waals surface area (Å²) in [5.74, 6) is 1.42. The van der Waals surface area contributed by atoms with Crippen LogP contribution < -0.4 is 21.4 Å². The van der Waals surface area contributed by atoms with Gasteiger partial charge < -0.3 is 9.30 Å². The van der Waals surface area contributed by atoms with Crippen molar-refractivity contribution < 1.29 is 4.74 Å². The molecule has 0 fully saturated rings. The Hall–Kier alpha value is -4.14. The Labute approximate surface area is 190 Å². The predicted octanol–water partition coefficient (Wildman–Crippen LogP) is 3.10. The number of hydrazone groups is 1. The van der Waals surface area contributed by atoms with Crippen molar-refractivity contribution in [3.8, 4) is 5.75 Å². The van der Waals surface area contributed by atoms with Gasteiger partial charge in [-0.25, -0.2) is 10.2 Å². The highest BCUT2D eigenvalue weighted by Gasteiger charge is 2.17. The molecule has 0 aliphatic heterocycles. The van der Waals surface area contributed by atoms with Crippen LogP contribution >= 0.6 is 0 Å². The molecule has 33 heavy (non-hydrogen) atoms. The molecule has 0 bridgehead atoms. The third-order valence-corrected chi connectivity index (χ3v) is 5.06. The lowest BCUT2D eigenvalue weighted by Crippen LogP contribution is -2.29. The standard InChI is InChI=1S/C24H26N6O3/c1-16(2)14-30-20-21(29(3)24(32)27-22(20)31)26-23(30)28-25-13-17-9-11-19(12-10-17)33-15-18-7-5-4-6-8-18/h4-13,16H,14-15H2,1-3H3,(H,26,28)(H,27,31,32). The number of rotatable bonds is 8. The Morgan fingerprint density at radius 2 is 1.85 bits per heavy atom. The van der Waals surface area contributed by atoms with E-state index in [0.717, 1.165) is 16.9 Å². The first-order valence-electron chi connectivity index (χ1n) is 10.7. The molecule has 2 aromatic carbocycles. The van der Waals surface area contributed by atoms with E-state index in [-0.39, 0.29) is 5.92 Å². The maximum atomic E-state index is 12.4. The highest BCUT2D eigenvalue weighted by atomic mass is 16.5. The van der Waals surface area contributed by atoms with Crippen LogP contribution in [0, 0.1) is 5.92 Å². The van der Waals surface area contributed by atoms with Gasteiger partial charge in [0.25, 0.3) is 5.56 Å². The number of imidazole rings is 1. The van der Waals surface area contributed by atoms with Crippen LogP contribution in [0.4, 0.5) is 5.95 Å². The van der Waals surface area contributed by atoms with Crippen molar-refractivity contribution >= 4 is 23.3 Å². The zero-order valence-corrected chi connectivity index (χ0v) is 18.8. The zero-order chi connectivity index (χ0) is 23.4. The summed E-state index contributed by atoms with van der Waals surface area (Å²) in [4.78, 5) is 31.2. The van der Waals surface area contributed by atoms with E-state index in [2.05, 4.69) is 20.5 Å². The van der Waals surface area contributed by atoms with Crippen LogP contribution in [-0.4, -0.2) is 25.3 Å². The number of anilines is 1. The van der Waals surface area contributed by atoms with E-state index in [0.29, 0.717) is 30.3 Å². The molecule has 0 amide bonds. The van der Waals surface area contributed by atoms with E-state index < -0.39 is 11.2 Å². The van der Waals surface area contributed by atoms with Crippen LogP contribution in [0.1, 0.15) is 25.0 Å². The Kier molecular flexibility index (Phi) is 6.39. The van der Waals surface area contributed by atoms with E-state index in [4.69, 9.17) is 4.74 Å². The van der Waals surface area contributed by atoms with Crippen molar-refractivity contribution in [2.45, 2.75) is 27.0 Å². The molecule has 0 aliphatic carbocycles. The van der Waals surface area contributed by atoms with Gasteiger partial charge in [0.15, 0.2) is 11.2 Å². The zero-order valence-electron chi connectivity index (χ0n) is 18.8. The summed E-state index contributed by atoms with van der Waals surface area (Å²) >= 11 is 0. The molecular weight excluding hydrogens is 420 g/mol. The van der Waals surface area contributed by atoms with Gasteiger partial charge in [0.05, 0.1) is 6.21 Å². The molecule has 170 valence electrons. The Balaban J connectivity index is 1.50. The van der Waals surface area contributed by atoms with E-state index in [1.165, 1.54) is 4.57 Å². The van der Waals surface area contributed by atoms with Gasteiger partial charge in [-0.05, 0) is 41.3 Å². The van der Waals surface area contributed by atoms with Gasteiger partial charge in [0, 0.05) is 13.6 Å². The molecule has 2 aromatic heterocycles. The molecule has 0 saturated carbocycles.